The number of methoxy groups -OCH3 is 1. The van der Waals surface area contributed by atoms with Gasteiger partial charge in [-0.1, -0.05) is 57.4 Å². The molecule has 3 aromatic carbocycles. The van der Waals surface area contributed by atoms with Crippen molar-refractivity contribution in [1.29, 1.82) is 0 Å². The highest BCUT2D eigenvalue weighted by Crippen LogP contribution is 2.40. The van der Waals surface area contributed by atoms with Crippen LogP contribution in [0, 0.1) is 12.8 Å². The van der Waals surface area contributed by atoms with Gasteiger partial charge in [0.2, 0.25) is 21.8 Å². The summed E-state index contributed by atoms with van der Waals surface area (Å²) in [6.07, 6.45) is 0.318. The van der Waals surface area contributed by atoms with E-state index in [1.807, 2.05) is 31.2 Å². The van der Waals surface area contributed by atoms with Crippen molar-refractivity contribution in [3.05, 3.63) is 92.9 Å². The van der Waals surface area contributed by atoms with Crippen LogP contribution in [0.4, 0.5) is 5.69 Å². The lowest BCUT2D eigenvalue weighted by Gasteiger charge is -2.40. The van der Waals surface area contributed by atoms with Gasteiger partial charge in [0.25, 0.3) is 0 Å². The number of amides is 2. The fourth-order valence-corrected chi connectivity index (χ4v) is 6.43. The van der Waals surface area contributed by atoms with Gasteiger partial charge in [-0.05, 0) is 66.9 Å². The number of hydrogen-bond donors (Lipinski definition) is 1. The number of rotatable bonds is 7. The quantitative estimate of drug-likeness (QED) is 0.381. The Bertz CT molecular complexity index is 1410. The summed E-state index contributed by atoms with van der Waals surface area (Å²) in [4.78, 5) is 28.3. The van der Waals surface area contributed by atoms with Crippen molar-refractivity contribution in [3.63, 3.8) is 0 Å². The molecule has 3 aromatic rings. The Hall–Kier alpha value is -2.88. The number of carbonyl (C=O) groups excluding carboxylic acids is 2. The Kier molecular flexibility index (Phi) is 8.26. The number of ether oxygens (including phenoxy) is 1. The SMILES string of the molecule is COc1ccc(C2C(C(=O)NS(=O)(=O)Cc3cc(Cl)ccc3Br)CCC(=O)N2c2ccc(C)cc2)cc1. The zero-order chi connectivity index (χ0) is 26.7. The lowest BCUT2D eigenvalue weighted by molar-refractivity contribution is -0.128. The maximum Gasteiger partial charge on any atom is 0.239 e. The summed E-state index contributed by atoms with van der Waals surface area (Å²) in [5, 5.41) is 0.388. The van der Waals surface area contributed by atoms with E-state index in [2.05, 4.69) is 20.7 Å². The molecule has 4 rings (SSSR count). The molecule has 1 saturated heterocycles. The van der Waals surface area contributed by atoms with Crippen molar-refractivity contribution < 1.29 is 22.7 Å². The van der Waals surface area contributed by atoms with Crippen molar-refractivity contribution >= 4 is 55.1 Å². The van der Waals surface area contributed by atoms with Crippen molar-refractivity contribution in [2.45, 2.75) is 31.6 Å². The summed E-state index contributed by atoms with van der Waals surface area (Å²) in [5.41, 5.74) is 2.80. The largest absolute Gasteiger partial charge is 0.497 e. The third-order valence-electron chi connectivity index (χ3n) is 6.31. The molecular formula is C27H26BrClN2O5S. The third-order valence-corrected chi connectivity index (χ3v) is 8.52. The van der Waals surface area contributed by atoms with Crippen molar-refractivity contribution in [2.75, 3.05) is 12.0 Å². The van der Waals surface area contributed by atoms with Gasteiger partial charge < -0.3 is 9.64 Å². The Morgan fingerprint density at radius 2 is 1.78 bits per heavy atom. The van der Waals surface area contributed by atoms with Crippen LogP contribution in [0.5, 0.6) is 5.75 Å². The van der Waals surface area contributed by atoms with Crippen LogP contribution in [0.1, 0.15) is 35.6 Å². The molecule has 7 nitrogen and oxygen atoms in total. The van der Waals surface area contributed by atoms with Crippen LogP contribution in [0.2, 0.25) is 5.02 Å². The van der Waals surface area contributed by atoms with Gasteiger partial charge >= 0.3 is 0 Å². The number of aryl methyl sites for hydroxylation is 1. The van der Waals surface area contributed by atoms with Gasteiger partial charge in [0.15, 0.2) is 0 Å². The maximum atomic E-state index is 13.5. The Balaban J connectivity index is 1.68. The molecule has 2 unspecified atom stereocenters. The second-order valence-corrected chi connectivity index (χ2v) is 11.9. The van der Waals surface area contributed by atoms with Crippen LogP contribution in [-0.4, -0.2) is 27.3 Å². The summed E-state index contributed by atoms with van der Waals surface area (Å²) >= 11 is 9.36. The highest BCUT2D eigenvalue weighted by Gasteiger charge is 2.42. The highest BCUT2D eigenvalue weighted by molar-refractivity contribution is 9.10. The van der Waals surface area contributed by atoms with E-state index in [0.29, 0.717) is 32.1 Å². The summed E-state index contributed by atoms with van der Waals surface area (Å²) < 4.78 is 34.1. The molecule has 1 N–H and O–H groups in total. The first-order valence-corrected chi connectivity index (χ1v) is 14.4. The Morgan fingerprint density at radius 3 is 2.43 bits per heavy atom. The van der Waals surface area contributed by atoms with Crippen LogP contribution in [0.3, 0.4) is 0 Å². The minimum atomic E-state index is -4.05. The molecule has 194 valence electrons. The fraction of sp³-hybridized carbons (Fsp3) is 0.259. The number of nitrogens with one attached hydrogen (secondary N) is 1. The number of hydrogen-bond acceptors (Lipinski definition) is 5. The Morgan fingerprint density at radius 1 is 1.11 bits per heavy atom. The predicted molar refractivity (Wildman–Crippen MR) is 147 cm³/mol. The zero-order valence-corrected chi connectivity index (χ0v) is 23.4. The van der Waals surface area contributed by atoms with Crippen LogP contribution >= 0.6 is 27.5 Å². The number of sulfonamides is 1. The highest BCUT2D eigenvalue weighted by atomic mass is 79.9. The van der Waals surface area contributed by atoms with Gasteiger partial charge in [0.05, 0.1) is 24.8 Å². The first kappa shape index (κ1) is 27.2. The number of benzene rings is 3. The lowest BCUT2D eigenvalue weighted by atomic mass is 9.83. The third kappa shape index (κ3) is 6.34. The topological polar surface area (TPSA) is 92.8 Å². The van der Waals surface area contributed by atoms with Gasteiger partial charge in [-0.2, -0.15) is 0 Å². The standard InChI is InChI=1S/C27H26BrClN2O5S/c1-17-3-8-21(9-4-17)31-25(32)14-12-23(26(31)18-5-10-22(36-2)11-6-18)27(33)30-37(34,35)16-19-15-20(29)7-13-24(19)28/h3-11,13,15,23,26H,12,14,16H2,1-2H3,(H,30,33). The zero-order valence-electron chi connectivity index (χ0n) is 20.3. The molecule has 2 amide bonds. The monoisotopic (exact) mass is 604 g/mol. The lowest BCUT2D eigenvalue weighted by Crippen LogP contribution is -2.49. The summed E-state index contributed by atoms with van der Waals surface area (Å²) in [5.74, 6) is -1.41. The molecular weight excluding hydrogens is 580 g/mol. The van der Waals surface area contributed by atoms with Gasteiger partial charge in [-0.3, -0.25) is 14.3 Å². The molecule has 1 heterocycles. The maximum absolute atomic E-state index is 13.5. The van der Waals surface area contributed by atoms with E-state index in [1.54, 1.807) is 48.4 Å². The predicted octanol–water partition coefficient (Wildman–Crippen LogP) is 5.55. The normalized spacial score (nSPS) is 17.9. The van der Waals surface area contributed by atoms with E-state index >= 15 is 0 Å². The smallest absolute Gasteiger partial charge is 0.239 e. The van der Waals surface area contributed by atoms with E-state index in [0.717, 1.165) is 5.56 Å². The molecule has 0 saturated carbocycles. The van der Waals surface area contributed by atoms with Gasteiger partial charge in [0.1, 0.15) is 5.75 Å². The average Bonchev–Trinajstić information content (AvgIpc) is 2.86. The number of halogens is 2. The van der Waals surface area contributed by atoms with E-state index in [-0.39, 0.29) is 18.7 Å². The molecule has 0 bridgehead atoms. The number of piperidine rings is 1. The number of nitrogens with zero attached hydrogens (tertiary/aromatic N) is 1. The Labute approximate surface area is 230 Å². The number of anilines is 1. The second kappa shape index (κ2) is 11.2. The molecule has 0 aromatic heterocycles. The summed E-state index contributed by atoms with van der Waals surface area (Å²) in [7, 11) is -2.50. The molecule has 2 atom stereocenters. The minimum Gasteiger partial charge on any atom is -0.497 e. The van der Waals surface area contributed by atoms with Crippen LogP contribution in [-0.2, 0) is 25.4 Å². The molecule has 1 fully saturated rings. The van der Waals surface area contributed by atoms with Gasteiger partial charge in [-0.15, -0.1) is 0 Å². The van der Waals surface area contributed by atoms with E-state index in [4.69, 9.17) is 16.3 Å². The molecule has 10 heteroatoms. The van der Waals surface area contributed by atoms with Gasteiger partial charge in [0, 0.05) is 21.6 Å². The van der Waals surface area contributed by atoms with E-state index < -0.39 is 33.6 Å². The summed E-state index contributed by atoms with van der Waals surface area (Å²) in [6.45, 7) is 1.95. The second-order valence-electron chi connectivity index (χ2n) is 8.92. The van der Waals surface area contributed by atoms with E-state index in [9.17, 15) is 18.0 Å². The van der Waals surface area contributed by atoms with Gasteiger partial charge in [-0.25, -0.2) is 8.42 Å². The van der Waals surface area contributed by atoms with Crippen molar-refractivity contribution in [1.82, 2.24) is 4.72 Å². The average molecular weight is 606 g/mol. The first-order valence-electron chi connectivity index (χ1n) is 11.6. The number of carbonyl (C=O) groups is 2. The van der Waals surface area contributed by atoms with Crippen molar-refractivity contribution in [2.24, 2.45) is 5.92 Å². The van der Waals surface area contributed by atoms with Crippen LogP contribution < -0.4 is 14.4 Å². The fourth-order valence-electron chi connectivity index (χ4n) is 4.48. The van der Waals surface area contributed by atoms with Crippen LogP contribution in [0.25, 0.3) is 0 Å². The molecule has 0 spiro atoms. The molecule has 1 aliphatic rings. The first-order chi connectivity index (χ1) is 17.6. The van der Waals surface area contributed by atoms with Crippen molar-refractivity contribution in [3.8, 4) is 5.75 Å². The molecule has 37 heavy (non-hydrogen) atoms. The molecule has 0 aliphatic carbocycles. The molecule has 1 aliphatic heterocycles. The van der Waals surface area contributed by atoms with E-state index in [1.165, 1.54) is 6.07 Å². The van der Waals surface area contributed by atoms with Crippen LogP contribution in [0.15, 0.2) is 71.2 Å². The minimum absolute atomic E-state index is 0.110. The molecule has 0 radical (unpaired) electrons. The summed E-state index contributed by atoms with van der Waals surface area (Å²) in [6, 6.07) is 18.7.